The van der Waals surface area contributed by atoms with Gasteiger partial charge in [-0.2, -0.15) is 9.61 Å². The van der Waals surface area contributed by atoms with E-state index in [2.05, 4.69) is 25.9 Å². The molecule has 11 heteroatoms. The van der Waals surface area contributed by atoms with Crippen molar-refractivity contribution in [2.45, 2.75) is 6.92 Å². The van der Waals surface area contributed by atoms with E-state index >= 15 is 0 Å². The molecule has 31 heavy (non-hydrogen) atoms. The number of fused-ring (bicyclic) bond motifs is 1. The van der Waals surface area contributed by atoms with Crippen LogP contribution in [0.25, 0.3) is 15.5 Å². The van der Waals surface area contributed by atoms with Gasteiger partial charge in [-0.15, -0.1) is 10.2 Å². The van der Waals surface area contributed by atoms with Gasteiger partial charge in [-0.3, -0.25) is 10.1 Å². The summed E-state index contributed by atoms with van der Waals surface area (Å²) in [6.07, 6.45) is 0. The number of amides is 1. The number of rotatable bonds is 5. The lowest BCUT2D eigenvalue weighted by molar-refractivity contribution is 0.0974. The molecule has 0 saturated heterocycles. The van der Waals surface area contributed by atoms with Crippen molar-refractivity contribution in [1.29, 1.82) is 0 Å². The lowest BCUT2D eigenvalue weighted by atomic mass is 10.2. The summed E-state index contributed by atoms with van der Waals surface area (Å²) in [4.78, 5) is 13.4. The zero-order chi connectivity index (χ0) is 22.0. The second-order valence-electron chi connectivity index (χ2n) is 6.40. The molecule has 1 amide bonds. The van der Waals surface area contributed by atoms with Crippen molar-refractivity contribution >= 4 is 45.2 Å². The normalized spacial score (nSPS) is 10.7. The number of aryl methyl sites for hydroxylation is 1. The summed E-state index contributed by atoms with van der Waals surface area (Å²) in [6, 6.07) is 12.5. The molecule has 0 fully saturated rings. The number of aromatic nitrogens is 4. The van der Waals surface area contributed by atoms with E-state index in [4.69, 9.17) is 21.7 Å². The number of methoxy groups -OCH3 is 2. The minimum absolute atomic E-state index is 0.161. The molecule has 0 bridgehead atoms. The number of ether oxygens (including phenoxy) is 2. The van der Waals surface area contributed by atoms with Crippen LogP contribution in [0.5, 0.6) is 11.5 Å². The van der Waals surface area contributed by atoms with Crippen LogP contribution in [0, 0.1) is 6.92 Å². The maximum absolute atomic E-state index is 12.6. The third kappa shape index (κ3) is 4.32. The van der Waals surface area contributed by atoms with Crippen LogP contribution < -0.4 is 20.1 Å². The Labute approximate surface area is 187 Å². The average molecular weight is 455 g/mol. The van der Waals surface area contributed by atoms with Gasteiger partial charge in [0, 0.05) is 17.3 Å². The largest absolute Gasteiger partial charge is 0.497 e. The number of carbonyl (C=O) groups excluding carboxylic acids is 1. The molecule has 0 aliphatic carbocycles. The van der Waals surface area contributed by atoms with Crippen LogP contribution in [0.1, 0.15) is 16.2 Å². The van der Waals surface area contributed by atoms with Gasteiger partial charge in [-0.1, -0.05) is 23.5 Å². The second kappa shape index (κ2) is 8.66. The predicted octanol–water partition coefficient (Wildman–Crippen LogP) is 3.31. The molecular weight excluding hydrogens is 436 g/mol. The summed E-state index contributed by atoms with van der Waals surface area (Å²) in [7, 11) is 3.03. The molecule has 0 unspecified atom stereocenters. The number of anilines is 1. The third-order valence-corrected chi connectivity index (χ3v) is 5.55. The summed E-state index contributed by atoms with van der Waals surface area (Å²) < 4.78 is 12.1. The topological polar surface area (TPSA) is 103 Å². The molecule has 158 valence electrons. The first-order valence-corrected chi connectivity index (χ1v) is 10.3. The Balaban J connectivity index is 1.47. The minimum Gasteiger partial charge on any atom is -0.497 e. The molecular formula is C20H18N6O3S2. The number of nitrogens with one attached hydrogen (secondary N) is 2. The van der Waals surface area contributed by atoms with Gasteiger partial charge in [0.15, 0.2) is 10.9 Å². The Morgan fingerprint density at radius 1 is 1.13 bits per heavy atom. The lowest BCUT2D eigenvalue weighted by Gasteiger charge is -2.13. The fraction of sp³-hybridized carbons (Fsp3) is 0.150. The SMILES string of the molecule is COc1ccc(C(=O)NC(=S)Nc2cccc(-c3nn4c(C)nnc4s3)c2)c(OC)c1. The van der Waals surface area contributed by atoms with E-state index in [1.807, 2.05) is 31.2 Å². The van der Waals surface area contributed by atoms with Crippen LogP contribution in [0.4, 0.5) is 5.69 Å². The van der Waals surface area contributed by atoms with Gasteiger partial charge in [0.1, 0.15) is 16.5 Å². The second-order valence-corrected chi connectivity index (χ2v) is 7.77. The molecule has 0 aliphatic heterocycles. The molecule has 4 rings (SSSR count). The molecule has 0 atom stereocenters. The molecule has 2 N–H and O–H groups in total. The summed E-state index contributed by atoms with van der Waals surface area (Å²) >= 11 is 6.75. The van der Waals surface area contributed by atoms with Gasteiger partial charge in [-0.25, -0.2) is 0 Å². The van der Waals surface area contributed by atoms with Crippen LogP contribution in [0.2, 0.25) is 0 Å². The van der Waals surface area contributed by atoms with E-state index in [0.29, 0.717) is 22.7 Å². The molecule has 2 aromatic carbocycles. The Kier molecular flexibility index (Phi) is 5.78. The van der Waals surface area contributed by atoms with Gasteiger partial charge in [0.25, 0.3) is 5.91 Å². The highest BCUT2D eigenvalue weighted by Crippen LogP contribution is 2.27. The fourth-order valence-corrected chi connectivity index (χ4v) is 3.97. The van der Waals surface area contributed by atoms with E-state index in [0.717, 1.165) is 21.4 Å². The van der Waals surface area contributed by atoms with Gasteiger partial charge in [-0.05, 0) is 43.4 Å². The number of hydrogen-bond acceptors (Lipinski definition) is 8. The van der Waals surface area contributed by atoms with Crippen LogP contribution in [0.15, 0.2) is 42.5 Å². The van der Waals surface area contributed by atoms with Crippen molar-refractivity contribution < 1.29 is 14.3 Å². The van der Waals surface area contributed by atoms with Gasteiger partial charge >= 0.3 is 0 Å². The smallest absolute Gasteiger partial charge is 0.261 e. The van der Waals surface area contributed by atoms with E-state index in [9.17, 15) is 4.79 Å². The summed E-state index contributed by atoms with van der Waals surface area (Å²) in [5.41, 5.74) is 1.95. The zero-order valence-corrected chi connectivity index (χ0v) is 18.5. The first kappa shape index (κ1) is 20.7. The predicted molar refractivity (Wildman–Crippen MR) is 122 cm³/mol. The number of hydrogen-bond donors (Lipinski definition) is 2. The molecule has 2 aromatic heterocycles. The average Bonchev–Trinajstić information content (AvgIpc) is 3.35. The zero-order valence-electron chi connectivity index (χ0n) is 16.9. The van der Waals surface area contributed by atoms with Crippen molar-refractivity contribution in [3.8, 4) is 22.1 Å². The van der Waals surface area contributed by atoms with Crippen LogP contribution in [0.3, 0.4) is 0 Å². The van der Waals surface area contributed by atoms with Gasteiger partial charge < -0.3 is 14.8 Å². The Hall–Kier alpha value is -3.57. The molecule has 0 saturated carbocycles. The van der Waals surface area contributed by atoms with Crippen LogP contribution in [-0.4, -0.2) is 45.1 Å². The van der Waals surface area contributed by atoms with E-state index in [1.165, 1.54) is 18.4 Å². The summed E-state index contributed by atoms with van der Waals surface area (Å²) in [5.74, 6) is 1.31. The van der Waals surface area contributed by atoms with Gasteiger partial charge in [0.05, 0.1) is 19.8 Å². The standard InChI is InChI=1S/C20H18N6O3S2/c1-11-23-24-20-26(11)25-18(31-20)12-5-4-6-13(9-12)21-19(30)22-17(27)15-8-7-14(28-2)10-16(15)29-3/h4-10H,1-3H3,(H2,21,22,27,30). The number of benzene rings is 2. The maximum atomic E-state index is 12.6. The molecule has 4 aromatic rings. The Bertz CT molecular complexity index is 1280. The summed E-state index contributed by atoms with van der Waals surface area (Å²) in [5, 5.41) is 19.3. The maximum Gasteiger partial charge on any atom is 0.261 e. The van der Waals surface area contributed by atoms with Crippen molar-refractivity contribution in [3.63, 3.8) is 0 Å². The number of nitrogens with zero attached hydrogens (tertiary/aromatic N) is 4. The first-order chi connectivity index (χ1) is 15.0. The van der Waals surface area contributed by atoms with Crippen molar-refractivity contribution in [3.05, 3.63) is 53.9 Å². The lowest BCUT2D eigenvalue weighted by Crippen LogP contribution is -2.34. The summed E-state index contributed by atoms with van der Waals surface area (Å²) in [6.45, 7) is 1.85. The van der Waals surface area contributed by atoms with Crippen LogP contribution in [-0.2, 0) is 0 Å². The Morgan fingerprint density at radius 3 is 2.71 bits per heavy atom. The molecule has 0 spiro atoms. The van der Waals surface area contributed by atoms with E-state index in [-0.39, 0.29) is 5.11 Å². The van der Waals surface area contributed by atoms with Crippen molar-refractivity contribution in [2.75, 3.05) is 19.5 Å². The van der Waals surface area contributed by atoms with E-state index in [1.54, 1.807) is 29.8 Å². The van der Waals surface area contributed by atoms with Crippen molar-refractivity contribution in [2.24, 2.45) is 0 Å². The van der Waals surface area contributed by atoms with Crippen molar-refractivity contribution in [1.82, 2.24) is 25.1 Å². The number of carbonyl (C=O) groups is 1. The molecule has 2 heterocycles. The first-order valence-electron chi connectivity index (χ1n) is 9.12. The quantitative estimate of drug-likeness (QED) is 0.443. The molecule has 0 radical (unpaired) electrons. The fourth-order valence-electron chi connectivity index (χ4n) is 2.88. The monoisotopic (exact) mass is 454 g/mol. The van der Waals surface area contributed by atoms with E-state index < -0.39 is 5.91 Å². The molecule has 0 aliphatic rings. The minimum atomic E-state index is -0.391. The highest BCUT2D eigenvalue weighted by molar-refractivity contribution is 7.80. The number of thiocarbonyl (C=S) groups is 1. The Morgan fingerprint density at radius 2 is 1.97 bits per heavy atom. The van der Waals surface area contributed by atoms with Crippen LogP contribution >= 0.6 is 23.6 Å². The highest BCUT2D eigenvalue weighted by Gasteiger charge is 2.15. The highest BCUT2D eigenvalue weighted by atomic mass is 32.1. The van der Waals surface area contributed by atoms with Gasteiger partial charge in [0.2, 0.25) is 4.96 Å². The molecule has 9 nitrogen and oxygen atoms in total. The third-order valence-electron chi connectivity index (χ3n) is 4.39.